The molecule has 0 radical (unpaired) electrons. The summed E-state index contributed by atoms with van der Waals surface area (Å²) in [7, 11) is 0. The summed E-state index contributed by atoms with van der Waals surface area (Å²) in [6.45, 7) is 2.76. The maximum Gasteiger partial charge on any atom is 0.318 e. The number of oxazole rings is 1. The van der Waals surface area contributed by atoms with Crippen LogP contribution in [-0.2, 0) is 13.0 Å². The summed E-state index contributed by atoms with van der Waals surface area (Å²) >= 11 is 0. The molecule has 0 aliphatic heterocycles. The highest BCUT2D eigenvalue weighted by Gasteiger charge is 2.30. The van der Waals surface area contributed by atoms with Crippen molar-refractivity contribution < 1.29 is 14.3 Å². The van der Waals surface area contributed by atoms with E-state index in [2.05, 4.69) is 22.4 Å². The molecule has 0 bridgehead atoms. The van der Waals surface area contributed by atoms with Crippen LogP contribution in [0.5, 0.6) is 0 Å². The van der Waals surface area contributed by atoms with Crippen molar-refractivity contribution in [2.75, 3.05) is 13.2 Å². The van der Waals surface area contributed by atoms with E-state index in [-0.39, 0.29) is 18.7 Å². The van der Waals surface area contributed by atoms with E-state index in [4.69, 9.17) is 4.42 Å². The van der Waals surface area contributed by atoms with Crippen molar-refractivity contribution in [3.63, 3.8) is 0 Å². The first-order valence-corrected chi connectivity index (χ1v) is 8.32. The number of benzene rings is 1. The summed E-state index contributed by atoms with van der Waals surface area (Å²) in [6.07, 6.45) is 3.84. The Bertz CT molecular complexity index is 698. The Morgan fingerprint density at radius 2 is 2.29 bits per heavy atom. The summed E-state index contributed by atoms with van der Waals surface area (Å²) in [4.78, 5) is 18.7. The van der Waals surface area contributed by atoms with Crippen LogP contribution in [0.2, 0.25) is 0 Å². The van der Waals surface area contributed by atoms with Crippen molar-refractivity contribution in [2.24, 2.45) is 0 Å². The Morgan fingerprint density at radius 1 is 1.46 bits per heavy atom. The molecule has 3 rings (SSSR count). The van der Waals surface area contributed by atoms with Crippen molar-refractivity contribution in [2.45, 2.75) is 38.8 Å². The van der Waals surface area contributed by atoms with Crippen molar-refractivity contribution in [3.8, 4) is 0 Å². The van der Waals surface area contributed by atoms with E-state index in [1.54, 1.807) is 0 Å². The normalized spacial score (nSPS) is 16.0. The monoisotopic (exact) mass is 329 g/mol. The highest BCUT2D eigenvalue weighted by atomic mass is 16.3. The van der Waals surface area contributed by atoms with E-state index < -0.39 is 0 Å². The predicted octanol–water partition coefficient (Wildman–Crippen LogP) is 2.56. The fourth-order valence-electron chi connectivity index (χ4n) is 3.26. The van der Waals surface area contributed by atoms with Gasteiger partial charge in [-0.1, -0.05) is 24.3 Å². The molecule has 1 aromatic carbocycles. The van der Waals surface area contributed by atoms with Gasteiger partial charge in [0.05, 0.1) is 12.6 Å². The van der Waals surface area contributed by atoms with Gasteiger partial charge in [0.25, 0.3) is 0 Å². The Labute approximate surface area is 141 Å². The van der Waals surface area contributed by atoms with Crippen molar-refractivity contribution >= 4 is 6.03 Å². The minimum Gasteiger partial charge on any atom is -0.448 e. The van der Waals surface area contributed by atoms with Gasteiger partial charge in [-0.25, -0.2) is 9.78 Å². The highest BCUT2D eigenvalue weighted by Crippen LogP contribution is 2.35. The lowest BCUT2D eigenvalue weighted by molar-refractivity contribution is 0.164. The molecule has 1 aliphatic carbocycles. The smallest absolute Gasteiger partial charge is 0.318 e. The molecule has 1 heterocycles. The molecule has 2 amide bonds. The van der Waals surface area contributed by atoms with Crippen LogP contribution in [0.3, 0.4) is 0 Å². The van der Waals surface area contributed by atoms with Crippen LogP contribution in [0.1, 0.15) is 41.5 Å². The van der Waals surface area contributed by atoms with Gasteiger partial charge in [-0.05, 0) is 37.3 Å². The fourth-order valence-corrected chi connectivity index (χ4v) is 3.26. The number of aliphatic hydroxyl groups excluding tert-OH is 1. The molecule has 128 valence electrons. The zero-order valence-corrected chi connectivity index (χ0v) is 13.9. The fraction of sp³-hybridized carbons (Fsp3) is 0.444. The molecule has 0 saturated heterocycles. The molecular formula is C18H23N3O3. The second kappa shape index (κ2) is 7.49. The Balaban J connectivity index is 1.72. The molecule has 24 heavy (non-hydrogen) atoms. The number of amides is 2. The number of aliphatic hydroxyl groups is 1. The quantitative estimate of drug-likeness (QED) is 0.854. The maximum absolute atomic E-state index is 12.7. The topological polar surface area (TPSA) is 78.6 Å². The van der Waals surface area contributed by atoms with Gasteiger partial charge in [-0.2, -0.15) is 0 Å². The Hall–Kier alpha value is -2.34. The molecule has 6 heteroatoms. The van der Waals surface area contributed by atoms with Crippen molar-refractivity contribution in [3.05, 3.63) is 53.2 Å². The first-order chi connectivity index (χ1) is 11.7. The first-order valence-electron chi connectivity index (χ1n) is 8.32. The van der Waals surface area contributed by atoms with Gasteiger partial charge in [0, 0.05) is 13.2 Å². The molecule has 2 N–H and O–H groups in total. The van der Waals surface area contributed by atoms with Gasteiger partial charge in [0.2, 0.25) is 0 Å². The minimum absolute atomic E-state index is 0.0613. The summed E-state index contributed by atoms with van der Waals surface area (Å²) in [5.74, 6) is 0.712. The lowest BCUT2D eigenvalue weighted by atomic mass is 10.1. The highest BCUT2D eigenvalue weighted by molar-refractivity contribution is 5.75. The second-order valence-electron chi connectivity index (χ2n) is 6.04. The molecule has 2 aromatic rings. The number of hydrogen-bond acceptors (Lipinski definition) is 4. The average Bonchev–Trinajstić information content (AvgIpc) is 3.20. The van der Waals surface area contributed by atoms with E-state index in [0.717, 1.165) is 18.5 Å². The summed E-state index contributed by atoms with van der Waals surface area (Å²) in [5, 5.41) is 12.1. The van der Waals surface area contributed by atoms with Gasteiger partial charge in [-0.15, -0.1) is 0 Å². The lowest BCUT2D eigenvalue weighted by Gasteiger charge is -2.29. The minimum atomic E-state index is -0.132. The van der Waals surface area contributed by atoms with Crippen LogP contribution >= 0.6 is 0 Å². The first kappa shape index (κ1) is 16.5. The van der Waals surface area contributed by atoms with E-state index in [1.165, 1.54) is 17.5 Å². The largest absolute Gasteiger partial charge is 0.448 e. The molecule has 1 aromatic heterocycles. The number of fused-ring (bicyclic) bond motifs is 1. The van der Waals surface area contributed by atoms with Gasteiger partial charge in [0.1, 0.15) is 11.5 Å². The van der Waals surface area contributed by atoms with Gasteiger partial charge >= 0.3 is 6.03 Å². The summed E-state index contributed by atoms with van der Waals surface area (Å²) in [5.41, 5.74) is 3.25. The number of carbonyl (C=O) groups excluding carboxylic acids is 1. The second-order valence-corrected chi connectivity index (χ2v) is 6.04. The molecular weight excluding hydrogens is 306 g/mol. The molecule has 0 saturated carbocycles. The molecule has 0 spiro atoms. The van der Waals surface area contributed by atoms with E-state index in [0.29, 0.717) is 25.3 Å². The van der Waals surface area contributed by atoms with Crippen LogP contribution in [0.4, 0.5) is 4.79 Å². The zero-order valence-electron chi connectivity index (χ0n) is 13.9. The number of aromatic nitrogens is 1. The predicted molar refractivity (Wildman–Crippen MR) is 89.4 cm³/mol. The van der Waals surface area contributed by atoms with Crippen molar-refractivity contribution in [1.29, 1.82) is 0 Å². The number of aryl methyl sites for hydroxylation is 2. The Kier molecular flexibility index (Phi) is 5.15. The van der Waals surface area contributed by atoms with E-state index in [1.807, 2.05) is 24.0 Å². The molecule has 1 aliphatic rings. The molecule has 0 fully saturated rings. The third-order valence-electron chi connectivity index (χ3n) is 4.55. The van der Waals surface area contributed by atoms with Crippen LogP contribution in [0.15, 0.2) is 35.1 Å². The van der Waals surface area contributed by atoms with Gasteiger partial charge < -0.3 is 19.7 Å². The van der Waals surface area contributed by atoms with Crippen LogP contribution in [-0.4, -0.2) is 34.2 Å². The average molecular weight is 329 g/mol. The van der Waals surface area contributed by atoms with Gasteiger partial charge in [0.15, 0.2) is 6.39 Å². The third-order valence-corrected chi connectivity index (χ3v) is 4.55. The number of nitrogens with one attached hydrogen (secondary N) is 1. The number of hydrogen-bond donors (Lipinski definition) is 2. The van der Waals surface area contributed by atoms with E-state index in [9.17, 15) is 9.90 Å². The molecule has 1 atom stereocenters. The summed E-state index contributed by atoms with van der Waals surface area (Å²) < 4.78 is 5.16. The van der Waals surface area contributed by atoms with Crippen LogP contribution in [0, 0.1) is 6.92 Å². The molecule has 1 unspecified atom stereocenters. The SMILES string of the molecule is Cc1ocnc1CNC(=O)N(CCCO)C1CCc2ccccc21. The number of urea groups is 1. The summed E-state index contributed by atoms with van der Waals surface area (Å²) in [6, 6.07) is 8.19. The number of carbonyl (C=O) groups is 1. The zero-order chi connectivity index (χ0) is 16.9. The van der Waals surface area contributed by atoms with Crippen molar-refractivity contribution in [1.82, 2.24) is 15.2 Å². The Morgan fingerprint density at radius 3 is 3.04 bits per heavy atom. The van der Waals surface area contributed by atoms with E-state index >= 15 is 0 Å². The maximum atomic E-state index is 12.7. The lowest BCUT2D eigenvalue weighted by Crippen LogP contribution is -2.42. The van der Waals surface area contributed by atoms with Crippen LogP contribution < -0.4 is 5.32 Å². The number of rotatable bonds is 6. The standard InChI is InChI=1S/C18H23N3O3/c1-13-16(20-12-24-13)11-19-18(23)21(9-4-10-22)17-8-7-14-5-2-3-6-15(14)17/h2-3,5-6,12,17,22H,4,7-11H2,1H3,(H,19,23). The third kappa shape index (κ3) is 3.43. The van der Waals surface area contributed by atoms with Gasteiger partial charge in [-0.3, -0.25) is 0 Å². The molecule has 6 nitrogen and oxygen atoms in total. The number of nitrogens with zero attached hydrogens (tertiary/aromatic N) is 2. The van der Waals surface area contributed by atoms with Crippen LogP contribution in [0.25, 0.3) is 0 Å².